The van der Waals surface area contributed by atoms with Crippen LogP contribution in [0.1, 0.15) is 40.0 Å². The molecule has 0 fully saturated rings. The summed E-state index contributed by atoms with van der Waals surface area (Å²) in [5.74, 6) is 0.210. The Morgan fingerprint density at radius 2 is 1.68 bits per heavy atom. The molecule has 1 atom stereocenters. The van der Waals surface area contributed by atoms with Gasteiger partial charge in [-0.2, -0.15) is 0 Å². The average Bonchev–Trinajstić information content (AvgIpc) is 2.56. The van der Waals surface area contributed by atoms with Gasteiger partial charge in [0.15, 0.2) is 0 Å². The van der Waals surface area contributed by atoms with Crippen molar-refractivity contribution in [1.29, 1.82) is 0 Å². The Balaban J connectivity index is 2.38. The molecule has 0 heterocycles. The second-order valence-corrected chi connectivity index (χ2v) is 5.69. The van der Waals surface area contributed by atoms with Gasteiger partial charge in [0.05, 0.1) is 0 Å². The summed E-state index contributed by atoms with van der Waals surface area (Å²) in [6, 6.07) is 18.8. The standard InChI is InChI=1S/C20H25NO/c1-4-10-20(22)21(16(3)5-2)19-14-9-13-18(15-19)17-11-7-6-8-12-17/h6-9,11-16H,4-5,10H2,1-3H3. The van der Waals surface area contributed by atoms with Crippen molar-refractivity contribution in [2.75, 3.05) is 4.90 Å². The van der Waals surface area contributed by atoms with Gasteiger partial charge in [-0.3, -0.25) is 4.79 Å². The minimum atomic E-state index is 0.210. The molecule has 2 nitrogen and oxygen atoms in total. The summed E-state index contributed by atoms with van der Waals surface area (Å²) in [5.41, 5.74) is 3.32. The molecule has 0 aliphatic heterocycles. The van der Waals surface area contributed by atoms with Crippen LogP contribution in [0.5, 0.6) is 0 Å². The van der Waals surface area contributed by atoms with Crippen LogP contribution in [-0.4, -0.2) is 11.9 Å². The van der Waals surface area contributed by atoms with Crippen LogP contribution < -0.4 is 4.90 Å². The predicted molar refractivity (Wildman–Crippen MR) is 94.0 cm³/mol. The first-order valence-electron chi connectivity index (χ1n) is 8.14. The van der Waals surface area contributed by atoms with Gasteiger partial charge in [-0.1, -0.05) is 56.3 Å². The third-order valence-electron chi connectivity index (χ3n) is 4.00. The number of anilines is 1. The lowest BCUT2D eigenvalue weighted by Crippen LogP contribution is -2.38. The highest BCUT2D eigenvalue weighted by atomic mass is 16.2. The van der Waals surface area contributed by atoms with Crippen LogP contribution in [0.15, 0.2) is 54.6 Å². The molecule has 1 amide bonds. The van der Waals surface area contributed by atoms with Gasteiger partial charge < -0.3 is 4.90 Å². The van der Waals surface area contributed by atoms with Crippen LogP contribution in [0.2, 0.25) is 0 Å². The Hall–Kier alpha value is -2.09. The van der Waals surface area contributed by atoms with Crippen molar-refractivity contribution in [3.05, 3.63) is 54.6 Å². The summed E-state index contributed by atoms with van der Waals surface area (Å²) < 4.78 is 0. The number of rotatable bonds is 6. The monoisotopic (exact) mass is 295 g/mol. The lowest BCUT2D eigenvalue weighted by Gasteiger charge is -2.29. The number of carbonyl (C=O) groups is 1. The van der Waals surface area contributed by atoms with Crippen LogP contribution in [0, 0.1) is 0 Å². The van der Waals surface area contributed by atoms with Crippen LogP contribution in [-0.2, 0) is 4.79 Å². The Kier molecular flexibility index (Phi) is 5.76. The van der Waals surface area contributed by atoms with Crippen molar-refractivity contribution < 1.29 is 4.79 Å². The van der Waals surface area contributed by atoms with Crippen molar-refractivity contribution in [3.63, 3.8) is 0 Å². The van der Waals surface area contributed by atoms with Crippen LogP contribution in [0.25, 0.3) is 11.1 Å². The highest BCUT2D eigenvalue weighted by Crippen LogP contribution is 2.27. The lowest BCUT2D eigenvalue weighted by atomic mass is 10.0. The molecule has 2 heteroatoms. The molecule has 0 saturated heterocycles. The van der Waals surface area contributed by atoms with Gasteiger partial charge in [-0.15, -0.1) is 0 Å². The summed E-state index contributed by atoms with van der Waals surface area (Å²) in [7, 11) is 0. The Labute approximate surface area is 133 Å². The third kappa shape index (κ3) is 3.76. The molecule has 0 radical (unpaired) electrons. The molecule has 2 aromatic carbocycles. The number of nitrogens with zero attached hydrogens (tertiary/aromatic N) is 1. The van der Waals surface area contributed by atoms with Gasteiger partial charge in [-0.05, 0) is 43.0 Å². The molecule has 0 bridgehead atoms. The Morgan fingerprint density at radius 3 is 2.32 bits per heavy atom. The molecule has 0 aliphatic carbocycles. The van der Waals surface area contributed by atoms with Gasteiger partial charge in [0, 0.05) is 18.2 Å². The summed E-state index contributed by atoms with van der Waals surface area (Å²) in [6.07, 6.45) is 2.43. The van der Waals surface area contributed by atoms with Crippen molar-refractivity contribution in [3.8, 4) is 11.1 Å². The fraction of sp³-hybridized carbons (Fsp3) is 0.350. The lowest BCUT2D eigenvalue weighted by molar-refractivity contribution is -0.119. The third-order valence-corrected chi connectivity index (χ3v) is 4.00. The maximum Gasteiger partial charge on any atom is 0.227 e. The van der Waals surface area contributed by atoms with Crippen molar-refractivity contribution in [2.45, 2.75) is 46.1 Å². The second kappa shape index (κ2) is 7.79. The first kappa shape index (κ1) is 16.3. The summed E-state index contributed by atoms with van der Waals surface area (Å²) in [5, 5.41) is 0. The van der Waals surface area contributed by atoms with Gasteiger partial charge in [-0.25, -0.2) is 0 Å². The van der Waals surface area contributed by atoms with E-state index in [0.29, 0.717) is 6.42 Å². The first-order chi connectivity index (χ1) is 10.7. The summed E-state index contributed by atoms with van der Waals surface area (Å²) >= 11 is 0. The minimum Gasteiger partial charge on any atom is -0.310 e. The molecule has 22 heavy (non-hydrogen) atoms. The zero-order valence-electron chi connectivity index (χ0n) is 13.8. The quantitative estimate of drug-likeness (QED) is 0.709. The highest BCUT2D eigenvalue weighted by molar-refractivity contribution is 5.94. The molecule has 1 unspecified atom stereocenters. The fourth-order valence-corrected chi connectivity index (χ4v) is 2.63. The summed E-state index contributed by atoms with van der Waals surface area (Å²) in [6.45, 7) is 6.29. The molecule has 2 rings (SSSR count). The van der Waals surface area contributed by atoms with E-state index < -0.39 is 0 Å². The maximum absolute atomic E-state index is 12.5. The average molecular weight is 295 g/mol. The van der Waals surface area contributed by atoms with E-state index in [2.05, 4.69) is 38.1 Å². The Morgan fingerprint density at radius 1 is 1.00 bits per heavy atom. The SMILES string of the molecule is CCCC(=O)N(c1cccc(-c2ccccc2)c1)C(C)CC. The van der Waals surface area contributed by atoms with E-state index in [-0.39, 0.29) is 11.9 Å². The number of amides is 1. The summed E-state index contributed by atoms with van der Waals surface area (Å²) in [4.78, 5) is 14.5. The van der Waals surface area contributed by atoms with E-state index in [9.17, 15) is 4.79 Å². The normalized spacial score (nSPS) is 12.0. The maximum atomic E-state index is 12.5. The molecular formula is C20H25NO. The second-order valence-electron chi connectivity index (χ2n) is 5.69. The molecule has 0 aliphatic rings. The van der Waals surface area contributed by atoms with E-state index in [1.807, 2.05) is 42.2 Å². The smallest absolute Gasteiger partial charge is 0.227 e. The van der Waals surface area contributed by atoms with Crippen LogP contribution >= 0.6 is 0 Å². The van der Waals surface area contributed by atoms with Gasteiger partial charge in [0.2, 0.25) is 5.91 Å². The number of hydrogen-bond acceptors (Lipinski definition) is 1. The largest absolute Gasteiger partial charge is 0.310 e. The van der Waals surface area contributed by atoms with Gasteiger partial charge >= 0.3 is 0 Å². The van der Waals surface area contributed by atoms with Crippen molar-refractivity contribution in [2.24, 2.45) is 0 Å². The Bertz CT molecular complexity index is 606. The first-order valence-corrected chi connectivity index (χ1v) is 8.14. The molecule has 0 saturated carbocycles. The number of benzene rings is 2. The van der Waals surface area contributed by atoms with E-state index in [0.717, 1.165) is 24.1 Å². The zero-order chi connectivity index (χ0) is 15.9. The van der Waals surface area contributed by atoms with Crippen LogP contribution in [0.4, 0.5) is 5.69 Å². The number of hydrogen-bond donors (Lipinski definition) is 0. The topological polar surface area (TPSA) is 20.3 Å². The molecule has 116 valence electrons. The highest BCUT2D eigenvalue weighted by Gasteiger charge is 2.20. The van der Waals surface area contributed by atoms with Crippen LogP contribution in [0.3, 0.4) is 0 Å². The van der Waals surface area contributed by atoms with Gasteiger partial charge in [0.25, 0.3) is 0 Å². The van der Waals surface area contributed by atoms with Crippen molar-refractivity contribution in [1.82, 2.24) is 0 Å². The minimum absolute atomic E-state index is 0.210. The molecule has 2 aromatic rings. The molecule has 0 spiro atoms. The molecule has 0 N–H and O–H groups in total. The van der Waals surface area contributed by atoms with E-state index in [1.54, 1.807) is 0 Å². The number of carbonyl (C=O) groups excluding carboxylic acids is 1. The van der Waals surface area contributed by atoms with Crippen molar-refractivity contribution >= 4 is 11.6 Å². The van der Waals surface area contributed by atoms with E-state index in [1.165, 1.54) is 5.56 Å². The molecular weight excluding hydrogens is 270 g/mol. The zero-order valence-corrected chi connectivity index (χ0v) is 13.8. The van der Waals surface area contributed by atoms with E-state index >= 15 is 0 Å². The molecule has 0 aromatic heterocycles. The fourth-order valence-electron chi connectivity index (χ4n) is 2.63. The van der Waals surface area contributed by atoms with Gasteiger partial charge in [0.1, 0.15) is 0 Å². The predicted octanol–water partition coefficient (Wildman–Crippen LogP) is 5.29. The van der Waals surface area contributed by atoms with E-state index in [4.69, 9.17) is 0 Å².